The molecule has 1 amide bonds. The van der Waals surface area contributed by atoms with E-state index in [0.29, 0.717) is 0 Å². The molecular formula is C19H24ClN3O. The van der Waals surface area contributed by atoms with Crippen LogP contribution in [0.5, 0.6) is 0 Å². The van der Waals surface area contributed by atoms with Gasteiger partial charge >= 0.3 is 0 Å². The van der Waals surface area contributed by atoms with Crippen LogP contribution in [-0.2, 0) is 4.79 Å². The third kappa shape index (κ3) is 4.73. The quantitative estimate of drug-likeness (QED) is 0.768. The van der Waals surface area contributed by atoms with Gasteiger partial charge in [-0.15, -0.1) is 12.4 Å². The highest BCUT2D eigenvalue weighted by atomic mass is 35.5. The van der Waals surface area contributed by atoms with Crippen LogP contribution in [0.25, 0.3) is 0 Å². The van der Waals surface area contributed by atoms with Crippen molar-refractivity contribution in [2.45, 2.75) is 31.8 Å². The van der Waals surface area contributed by atoms with Crippen LogP contribution in [0.3, 0.4) is 0 Å². The number of rotatable bonds is 5. The number of amides is 1. The van der Waals surface area contributed by atoms with Gasteiger partial charge in [0.25, 0.3) is 0 Å². The first-order valence-corrected chi connectivity index (χ1v) is 8.18. The van der Waals surface area contributed by atoms with E-state index in [-0.39, 0.29) is 30.4 Å². The van der Waals surface area contributed by atoms with Crippen LogP contribution in [0.2, 0.25) is 0 Å². The molecule has 1 fully saturated rings. The van der Waals surface area contributed by atoms with Gasteiger partial charge in [0.2, 0.25) is 5.91 Å². The van der Waals surface area contributed by atoms with Gasteiger partial charge in [-0.3, -0.25) is 4.79 Å². The molecule has 0 radical (unpaired) electrons. The topological polar surface area (TPSA) is 53.2 Å². The van der Waals surface area contributed by atoms with Crippen LogP contribution in [-0.4, -0.2) is 18.5 Å². The van der Waals surface area contributed by atoms with E-state index < -0.39 is 0 Å². The molecule has 1 aliphatic rings. The van der Waals surface area contributed by atoms with Crippen molar-refractivity contribution in [2.75, 3.05) is 17.2 Å². The monoisotopic (exact) mass is 345 g/mol. The Balaban J connectivity index is 0.00000208. The van der Waals surface area contributed by atoms with Crippen LogP contribution >= 0.6 is 12.4 Å². The van der Waals surface area contributed by atoms with Gasteiger partial charge in [0.15, 0.2) is 0 Å². The normalized spacial score (nSPS) is 17.6. The summed E-state index contributed by atoms with van der Waals surface area (Å²) in [7, 11) is 0. The molecule has 2 atom stereocenters. The Kier molecular flexibility index (Phi) is 6.64. The zero-order valence-electron chi connectivity index (χ0n) is 13.8. The van der Waals surface area contributed by atoms with Crippen molar-refractivity contribution in [3.8, 4) is 0 Å². The molecule has 2 unspecified atom stereocenters. The molecule has 0 aliphatic carbocycles. The van der Waals surface area contributed by atoms with E-state index >= 15 is 0 Å². The highest BCUT2D eigenvalue weighted by Gasteiger charge is 2.21. The fourth-order valence-electron chi connectivity index (χ4n) is 2.86. The van der Waals surface area contributed by atoms with Crippen molar-refractivity contribution in [1.29, 1.82) is 0 Å². The van der Waals surface area contributed by atoms with E-state index in [4.69, 9.17) is 0 Å². The van der Waals surface area contributed by atoms with Gasteiger partial charge in [-0.1, -0.05) is 30.3 Å². The molecule has 128 valence electrons. The molecule has 3 rings (SSSR count). The van der Waals surface area contributed by atoms with Crippen molar-refractivity contribution in [3.05, 3.63) is 60.2 Å². The van der Waals surface area contributed by atoms with E-state index in [9.17, 15) is 4.79 Å². The molecule has 3 N–H and O–H groups in total. The number of carbonyl (C=O) groups excluding carboxylic acids is 1. The lowest BCUT2D eigenvalue weighted by Gasteiger charge is -2.16. The summed E-state index contributed by atoms with van der Waals surface area (Å²) in [5.41, 5.74) is 3.12. The highest BCUT2D eigenvalue weighted by Crippen LogP contribution is 2.21. The molecule has 0 bridgehead atoms. The second-order valence-electron chi connectivity index (χ2n) is 5.99. The Hall–Kier alpha value is -2.04. The van der Waals surface area contributed by atoms with Crippen molar-refractivity contribution < 1.29 is 4.79 Å². The summed E-state index contributed by atoms with van der Waals surface area (Å²) < 4.78 is 0. The Morgan fingerprint density at radius 2 is 1.75 bits per heavy atom. The second-order valence-corrected chi connectivity index (χ2v) is 5.99. The zero-order chi connectivity index (χ0) is 16.1. The predicted octanol–water partition coefficient (Wildman–Crippen LogP) is 3.97. The minimum Gasteiger partial charge on any atom is -0.379 e. The summed E-state index contributed by atoms with van der Waals surface area (Å²) in [5.74, 6) is 0.0564. The minimum absolute atomic E-state index is 0. The first kappa shape index (κ1) is 18.3. The van der Waals surface area contributed by atoms with Gasteiger partial charge in [-0.2, -0.15) is 0 Å². The summed E-state index contributed by atoms with van der Waals surface area (Å²) in [6.07, 6.45) is 1.98. The van der Waals surface area contributed by atoms with Crippen LogP contribution in [0.4, 0.5) is 11.4 Å². The standard InChI is InChI=1S/C19H23N3O.ClH/c1-14(15-6-3-2-4-7-15)21-16-9-11-17(12-10-16)22-19(23)18-8-5-13-20-18;/h2-4,6-7,9-12,14,18,20-21H,5,8,13H2,1H3,(H,22,23);1H. The second kappa shape index (κ2) is 8.71. The van der Waals surface area contributed by atoms with Crippen LogP contribution < -0.4 is 16.0 Å². The number of hydrogen-bond donors (Lipinski definition) is 3. The Bertz CT molecular complexity index is 639. The van der Waals surface area contributed by atoms with E-state index in [1.165, 1.54) is 5.56 Å². The van der Waals surface area contributed by atoms with Crippen molar-refractivity contribution in [1.82, 2.24) is 5.32 Å². The third-order valence-electron chi connectivity index (χ3n) is 4.21. The summed E-state index contributed by atoms with van der Waals surface area (Å²) in [4.78, 5) is 12.1. The smallest absolute Gasteiger partial charge is 0.241 e. The molecule has 1 heterocycles. The summed E-state index contributed by atoms with van der Waals surface area (Å²) in [5, 5.41) is 9.64. The molecular weight excluding hydrogens is 322 g/mol. The fraction of sp³-hybridized carbons (Fsp3) is 0.316. The molecule has 2 aromatic rings. The van der Waals surface area contributed by atoms with Crippen molar-refractivity contribution >= 4 is 29.7 Å². The average molecular weight is 346 g/mol. The molecule has 1 saturated heterocycles. The van der Waals surface area contributed by atoms with Gasteiger partial charge in [-0.05, 0) is 56.1 Å². The largest absolute Gasteiger partial charge is 0.379 e. The fourth-order valence-corrected chi connectivity index (χ4v) is 2.86. The zero-order valence-corrected chi connectivity index (χ0v) is 14.6. The molecule has 5 heteroatoms. The Morgan fingerprint density at radius 3 is 2.38 bits per heavy atom. The minimum atomic E-state index is -0.0501. The van der Waals surface area contributed by atoms with E-state index in [1.807, 2.05) is 42.5 Å². The van der Waals surface area contributed by atoms with Crippen molar-refractivity contribution in [2.24, 2.45) is 0 Å². The molecule has 24 heavy (non-hydrogen) atoms. The number of nitrogens with one attached hydrogen (secondary N) is 3. The van der Waals surface area contributed by atoms with Gasteiger partial charge in [0.1, 0.15) is 0 Å². The maximum absolute atomic E-state index is 12.1. The number of hydrogen-bond acceptors (Lipinski definition) is 3. The molecule has 2 aromatic carbocycles. The van der Waals surface area contributed by atoms with E-state index in [1.54, 1.807) is 0 Å². The van der Waals surface area contributed by atoms with Gasteiger partial charge < -0.3 is 16.0 Å². The molecule has 0 aromatic heterocycles. The number of anilines is 2. The first-order valence-electron chi connectivity index (χ1n) is 8.18. The number of benzene rings is 2. The molecule has 4 nitrogen and oxygen atoms in total. The van der Waals surface area contributed by atoms with Crippen LogP contribution in [0.1, 0.15) is 31.4 Å². The average Bonchev–Trinajstić information content (AvgIpc) is 3.12. The third-order valence-corrected chi connectivity index (χ3v) is 4.21. The SMILES string of the molecule is CC(Nc1ccc(NC(=O)C2CCCN2)cc1)c1ccccc1.Cl. The molecule has 0 spiro atoms. The van der Waals surface area contributed by atoms with Crippen LogP contribution in [0, 0.1) is 0 Å². The van der Waals surface area contributed by atoms with E-state index in [0.717, 1.165) is 30.8 Å². The van der Waals surface area contributed by atoms with Crippen molar-refractivity contribution in [3.63, 3.8) is 0 Å². The summed E-state index contributed by atoms with van der Waals surface area (Å²) in [6.45, 7) is 3.06. The van der Waals surface area contributed by atoms with E-state index in [2.05, 4.69) is 35.0 Å². The lowest BCUT2D eigenvalue weighted by atomic mass is 10.1. The first-order chi connectivity index (χ1) is 11.2. The summed E-state index contributed by atoms with van der Waals surface area (Å²) >= 11 is 0. The maximum atomic E-state index is 12.1. The maximum Gasteiger partial charge on any atom is 0.241 e. The highest BCUT2D eigenvalue weighted by molar-refractivity contribution is 5.95. The van der Waals surface area contributed by atoms with Crippen LogP contribution in [0.15, 0.2) is 54.6 Å². The lowest BCUT2D eigenvalue weighted by Crippen LogP contribution is -2.35. The predicted molar refractivity (Wildman–Crippen MR) is 102 cm³/mol. The van der Waals surface area contributed by atoms with Gasteiger partial charge in [0.05, 0.1) is 6.04 Å². The van der Waals surface area contributed by atoms with Gasteiger partial charge in [-0.25, -0.2) is 0 Å². The Morgan fingerprint density at radius 1 is 1.08 bits per heavy atom. The number of carbonyl (C=O) groups is 1. The number of halogens is 1. The molecule has 1 aliphatic heterocycles. The lowest BCUT2D eigenvalue weighted by molar-refractivity contribution is -0.117. The summed E-state index contributed by atoms with van der Waals surface area (Å²) in [6, 6.07) is 18.4. The van der Waals surface area contributed by atoms with Gasteiger partial charge in [0, 0.05) is 17.4 Å². The Labute approximate surface area is 149 Å². The molecule has 0 saturated carbocycles.